The topological polar surface area (TPSA) is 292 Å². The first kappa shape index (κ1) is 44.3. The molecule has 2 aliphatic rings. The van der Waals surface area contributed by atoms with E-state index in [2.05, 4.69) is 55.1 Å². The summed E-state index contributed by atoms with van der Waals surface area (Å²) in [6.45, 7) is 4.22. The normalized spacial score (nSPS) is 20.9. The highest BCUT2D eigenvalue weighted by Gasteiger charge is 2.42. The Hall–Kier alpha value is -4.10. The van der Waals surface area contributed by atoms with Gasteiger partial charge in [0, 0.05) is 11.1 Å². The van der Waals surface area contributed by atoms with Gasteiger partial charge in [0.15, 0.2) is 0 Å². The van der Waals surface area contributed by atoms with Crippen molar-refractivity contribution < 1.29 is 54.1 Å². The molecule has 0 spiro atoms. The highest BCUT2D eigenvalue weighted by Crippen LogP contribution is 2.47. The maximum atomic E-state index is 13.4. The number of hydrogen-bond acceptors (Lipinski definition) is 10. The van der Waals surface area contributed by atoms with E-state index >= 15 is 0 Å². The van der Waals surface area contributed by atoms with Crippen LogP contribution in [0.4, 0.5) is 26.3 Å². The zero-order valence-corrected chi connectivity index (χ0v) is 30.5. The van der Waals surface area contributed by atoms with Crippen molar-refractivity contribution >= 4 is 20.0 Å². The fourth-order valence-corrected chi connectivity index (χ4v) is 9.02. The van der Waals surface area contributed by atoms with Gasteiger partial charge in [-0.25, -0.2) is 27.1 Å². The number of tetrazole rings is 2. The van der Waals surface area contributed by atoms with Gasteiger partial charge in [-0.1, -0.05) is 51.7 Å². The van der Waals surface area contributed by atoms with Crippen molar-refractivity contribution in [2.75, 3.05) is 0 Å². The smallest absolute Gasteiger partial charge is 0.412 e. The molecular weight excluding hydrogens is 775 g/mol. The number of aromatic amines is 2. The second kappa shape index (κ2) is 16.7. The van der Waals surface area contributed by atoms with Crippen LogP contribution in [-0.2, 0) is 32.4 Å². The zero-order valence-electron chi connectivity index (χ0n) is 28.8. The number of hydrogen-bond donors (Lipinski definition) is 4. The SMILES string of the molecule is CC1CCC(c2ccc(C(F)(F)F)c(S(N)(=O)=O)c2-c2nn[nH]n2)CC1.CC1CCC(c2ccc(C(F)(F)F)c(S(N)(=O)=O)c2-c2nn[nH]n2)CC1.O.O. The summed E-state index contributed by atoms with van der Waals surface area (Å²) >= 11 is 0. The second-order valence-corrected chi connectivity index (χ2v) is 16.3. The molecule has 0 bridgehead atoms. The monoisotopic (exact) mass is 814 g/mol. The molecule has 0 saturated heterocycles. The molecule has 2 aliphatic carbocycles. The number of benzene rings is 2. The molecule has 300 valence electrons. The molecule has 2 aromatic carbocycles. The minimum atomic E-state index is -4.89. The number of nitrogens with two attached hydrogens (primary N) is 2. The Morgan fingerprint density at radius 1 is 0.593 bits per heavy atom. The predicted octanol–water partition coefficient (Wildman–Crippen LogP) is 4.00. The van der Waals surface area contributed by atoms with Crippen LogP contribution in [0.1, 0.15) is 99.3 Å². The van der Waals surface area contributed by atoms with E-state index in [1.807, 2.05) is 0 Å². The molecule has 0 unspecified atom stereocenters. The van der Waals surface area contributed by atoms with Gasteiger partial charge in [-0.15, -0.1) is 20.4 Å². The minimum absolute atomic E-state index is 0. The molecule has 24 heteroatoms. The summed E-state index contributed by atoms with van der Waals surface area (Å²) in [6, 6.07) is 4.17. The van der Waals surface area contributed by atoms with Crippen LogP contribution in [0.5, 0.6) is 0 Å². The molecule has 2 aromatic heterocycles. The van der Waals surface area contributed by atoms with Crippen molar-refractivity contribution in [3.05, 3.63) is 46.5 Å². The van der Waals surface area contributed by atoms with E-state index in [1.165, 1.54) is 12.1 Å². The Morgan fingerprint density at radius 3 is 1.15 bits per heavy atom. The van der Waals surface area contributed by atoms with Crippen molar-refractivity contribution in [3.8, 4) is 22.8 Å². The van der Waals surface area contributed by atoms with Crippen molar-refractivity contribution in [3.63, 3.8) is 0 Å². The third-order valence-corrected chi connectivity index (χ3v) is 11.6. The number of nitrogens with zero attached hydrogens (tertiary/aromatic N) is 6. The van der Waals surface area contributed by atoms with Gasteiger partial charge in [0.1, 0.15) is 9.79 Å². The van der Waals surface area contributed by atoms with Crippen LogP contribution >= 0.6 is 0 Å². The highest BCUT2D eigenvalue weighted by atomic mass is 32.2. The van der Waals surface area contributed by atoms with E-state index in [1.54, 1.807) is 0 Å². The van der Waals surface area contributed by atoms with E-state index in [-0.39, 0.29) is 45.6 Å². The van der Waals surface area contributed by atoms with E-state index in [0.29, 0.717) is 23.0 Å². The molecule has 0 radical (unpaired) electrons. The Labute approximate surface area is 305 Å². The van der Waals surface area contributed by atoms with Crippen LogP contribution in [-0.4, -0.2) is 69.0 Å². The molecule has 10 N–H and O–H groups in total. The third-order valence-electron chi connectivity index (χ3n) is 9.61. The molecule has 0 amide bonds. The van der Waals surface area contributed by atoms with E-state index in [9.17, 15) is 43.2 Å². The van der Waals surface area contributed by atoms with E-state index in [0.717, 1.165) is 63.5 Å². The number of sulfonamides is 2. The lowest BCUT2D eigenvalue weighted by atomic mass is 9.77. The number of H-pyrrole nitrogens is 2. The highest BCUT2D eigenvalue weighted by molar-refractivity contribution is 7.89. The Kier molecular flexibility index (Phi) is 13.7. The summed E-state index contributed by atoms with van der Waals surface area (Å²) in [5, 5.41) is 36.2. The molecule has 2 heterocycles. The van der Waals surface area contributed by atoms with Gasteiger partial charge in [0.05, 0.1) is 11.1 Å². The molecular formula is C30H40F6N10O6S2. The third kappa shape index (κ3) is 9.76. The molecule has 6 rings (SSSR count). The van der Waals surface area contributed by atoms with Crippen molar-refractivity contribution in [2.45, 2.75) is 99.2 Å². The molecule has 0 atom stereocenters. The lowest BCUT2D eigenvalue weighted by Crippen LogP contribution is -2.22. The largest absolute Gasteiger partial charge is 0.417 e. The minimum Gasteiger partial charge on any atom is -0.412 e. The Bertz CT molecular complexity index is 1930. The standard InChI is InChI=1S/2C15H18F3N5O2S.2H2O/c2*1-8-2-4-9(5-3-8)10-6-7-11(15(16,17)18)13(26(19,24)25)12(10)14-20-22-23-21-14;;/h2*6-9H,2-5H2,1H3,(H2,19,24,25)(H,20,21,22,23);2*1H2. The summed E-state index contributed by atoms with van der Waals surface area (Å²) in [4.78, 5) is -2.00. The van der Waals surface area contributed by atoms with Crippen molar-refractivity contribution in [2.24, 2.45) is 22.1 Å². The first-order valence-corrected chi connectivity index (χ1v) is 19.3. The number of halogens is 6. The zero-order chi connectivity index (χ0) is 38.2. The second-order valence-electron chi connectivity index (χ2n) is 13.3. The fraction of sp³-hybridized carbons (Fsp3) is 0.533. The molecule has 54 heavy (non-hydrogen) atoms. The molecule has 2 fully saturated rings. The Balaban J connectivity index is 0.000000280. The van der Waals surface area contributed by atoms with E-state index < -0.39 is 53.3 Å². The van der Waals surface area contributed by atoms with Gasteiger partial charge in [-0.05, 0) is 83.0 Å². The maximum Gasteiger partial charge on any atom is 0.417 e. The number of aromatic nitrogens is 8. The van der Waals surface area contributed by atoms with Gasteiger partial charge in [0.2, 0.25) is 31.7 Å². The lowest BCUT2D eigenvalue weighted by molar-refractivity contribution is -0.140. The first-order valence-electron chi connectivity index (χ1n) is 16.2. The fourth-order valence-electron chi connectivity index (χ4n) is 7.05. The van der Waals surface area contributed by atoms with Gasteiger partial charge < -0.3 is 11.0 Å². The predicted molar refractivity (Wildman–Crippen MR) is 180 cm³/mol. The van der Waals surface area contributed by atoms with E-state index in [4.69, 9.17) is 10.3 Å². The number of nitrogens with one attached hydrogen (secondary N) is 2. The van der Waals surface area contributed by atoms with Crippen molar-refractivity contribution in [1.29, 1.82) is 0 Å². The summed E-state index contributed by atoms with van der Waals surface area (Å²) in [6.07, 6.45) is -3.21. The average Bonchev–Trinajstić information content (AvgIpc) is 3.78. The number of primary sulfonamides is 2. The molecule has 4 aromatic rings. The Morgan fingerprint density at radius 2 is 0.907 bits per heavy atom. The first-order chi connectivity index (χ1) is 24.2. The quantitative estimate of drug-likeness (QED) is 0.203. The van der Waals surface area contributed by atoms with Gasteiger partial charge >= 0.3 is 12.4 Å². The van der Waals surface area contributed by atoms with Crippen LogP contribution in [0.15, 0.2) is 34.1 Å². The number of rotatable bonds is 6. The summed E-state index contributed by atoms with van der Waals surface area (Å²) in [5.41, 5.74) is -2.17. The lowest BCUT2D eigenvalue weighted by Gasteiger charge is -2.28. The van der Waals surface area contributed by atoms with Gasteiger partial charge in [-0.3, -0.25) is 0 Å². The van der Waals surface area contributed by atoms with Crippen LogP contribution in [0.3, 0.4) is 0 Å². The number of alkyl halides is 6. The van der Waals surface area contributed by atoms with Gasteiger partial charge in [0.25, 0.3) is 0 Å². The summed E-state index contributed by atoms with van der Waals surface area (Å²) < 4.78 is 129. The van der Waals surface area contributed by atoms with Crippen LogP contribution in [0.25, 0.3) is 22.8 Å². The molecule has 0 aliphatic heterocycles. The summed E-state index contributed by atoms with van der Waals surface area (Å²) in [7, 11) is -9.37. The average molecular weight is 815 g/mol. The van der Waals surface area contributed by atoms with Crippen LogP contribution in [0.2, 0.25) is 0 Å². The van der Waals surface area contributed by atoms with Crippen LogP contribution in [0, 0.1) is 11.8 Å². The maximum absolute atomic E-state index is 13.4. The van der Waals surface area contributed by atoms with Crippen LogP contribution < -0.4 is 10.3 Å². The molecule has 2 saturated carbocycles. The van der Waals surface area contributed by atoms with Gasteiger partial charge in [-0.2, -0.15) is 36.8 Å². The van der Waals surface area contributed by atoms with Crippen molar-refractivity contribution in [1.82, 2.24) is 41.2 Å². The summed E-state index contributed by atoms with van der Waals surface area (Å²) in [5.74, 6) is 0.423. The molecule has 16 nitrogen and oxygen atoms in total.